The van der Waals surface area contributed by atoms with Gasteiger partial charge in [0, 0.05) is 12.3 Å². The van der Waals surface area contributed by atoms with E-state index in [1.165, 1.54) is 32.1 Å². The Balaban J connectivity index is 1.75. The molecule has 4 rings (SSSR count). The Morgan fingerprint density at radius 2 is 1.74 bits per heavy atom. The second-order valence-corrected chi connectivity index (χ2v) is 8.79. The maximum absolute atomic E-state index is 6.41. The van der Waals surface area contributed by atoms with Crippen molar-refractivity contribution in [1.82, 2.24) is 0 Å². The van der Waals surface area contributed by atoms with E-state index in [0.29, 0.717) is 10.8 Å². The summed E-state index contributed by atoms with van der Waals surface area (Å²) in [7, 11) is 0. The lowest BCUT2D eigenvalue weighted by Gasteiger charge is -2.60. The van der Waals surface area contributed by atoms with Gasteiger partial charge in [-0.2, -0.15) is 0 Å². The fourth-order valence-corrected chi connectivity index (χ4v) is 6.42. The van der Waals surface area contributed by atoms with Crippen molar-refractivity contribution in [3.8, 4) is 0 Å². The average Bonchev–Trinajstić information content (AvgIpc) is 2.78. The summed E-state index contributed by atoms with van der Waals surface area (Å²) in [5.74, 6) is 1.32. The molecule has 0 N–H and O–H groups in total. The summed E-state index contributed by atoms with van der Waals surface area (Å²) in [5, 5.41) is 0. The van der Waals surface area contributed by atoms with Crippen molar-refractivity contribution in [3.63, 3.8) is 0 Å². The normalized spacial score (nSPS) is 58.7. The van der Waals surface area contributed by atoms with Crippen molar-refractivity contribution in [2.24, 2.45) is 22.7 Å². The predicted molar refractivity (Wildman–Crippen MR) is 74.7 cm³/mol. The van der Waals surface area contributed by atoms with Crippen LogP contribution in [0.15, 0.2) is 0 Å². The van der Waals surface area contributed by atoms with E-state index in [9.17, 15) is 0 Å². The molecule has 2 saturated heterocycles. The topological polar surface area (TPSA) is 18.5 Å². The zero-order valence-corrected chi connectivity index (χ0v) is 12.9. The van der Waals surface area contributed by atoms with E-state index in [0.717, 1.165) is 24.9 Å². The predicted octanol–water partition coefficient (Wildman–Crippen LogP) is 4.13. The molecule has 2 bridgehead atoms. The van der Waals surface area contributed by atoms with Gasteiger partial charge in [-0.25, -0.2) is 0 Å². The number of hydrogen-bond donors (Lipinski definition) is 0. The van der Waals surface area contributed by atoms with E-state index in [1.807, 2.05) is 0 Å². The molecule has 0 aromatic carbocycles. The SMILES string of the molecule is CC1(C)CCC[C@@]2(C)[C@H]1CC[C@@]13CO[C@@](C)(C[C@@H]12)O3. The van der Waals surface area contributed by atoms with Crippen LogP contribution >= 0.6 is 0 Å². The minimum absolute atomic E-state index is 0.0629. The van der Waals surface area contributed by atoms with Gasteiger partial charge in [-0.05, 0) is 49.4 Å². The van der Waals surface area contributed by atoms with Gasteiger partial charge < -0.3 is 9.47 Å². The standard InChI is InChI=1S/C17H28O2/c1-14(2)7-5-8-15(3)12(14)6-9-17-11-18-16(4,19-17)10-13(15)17/h12-13H,5-11H2,1-4H3/t12-,13+,15-,16+,17+/m0/s1. The van der Waals surface area contributed by atoms with Crippen LogP contribution in [0.25, 0.3) is 0 Å². The zero-order valence-electron chi connectivity index (χ0n) is 12.9. The average molecular weight is 264 g/mol. The Morgan fingerprint density at radius 3 is 2.47 bits per heavy atom. The van der Waals surface area contributed by atoms with Crippen LogP contribution in [0, 0.1) is 22.7 Å². The van der Waals surface area contributed by atoms with Crippen molar-refractivity contribution >= 4 is 0 Å². The zero-order chi connectivity index (χ0) is 13.5. The molecular formula is C17H28O2. The van der Waals surface area contributed by atoms with E-state index in [2.05, 4.69) is 27.7 Å². The highest BCUT2D eigenvalue weighted by molar-refractivity contribution is 5.15. The summed E-state index contributed by atoms with van der Waals surface area (Å²) in [6.45, 7) is 10.6. The third-order valence-corrected chi connectivity index (χ3v) is 7.18. The Morgan fingerprint density at radius 1 is 0.947 bits per heavy atom. The molecule has 2 heteroatoms. The Bertz CT molecular complexity index is 417. The van der Waals surface area contributed by atoms with Crippen LogP contribution < -0.4 is 0 Å². The number of ether oxygens (including phenoxy) is 2. The molecule has 0 aromatic heterocycles. The lowest BCUT2D eigenvalue weighted by molar-refractivity contribution is -0.150. The van der Waals surface area contributed by atoms with Crippen molar-refractivity contribution < 1.29 is 9.47 Å². The molecule has 0 amide bonds. The maximum Gasteiger partial charge on any atom is 0.166 e. The van der Waals surface area contributed by atoms with Crippen LogP contribution in [0.4, 0.5) is 0 Å². The van der Waals surface area contributed by atoms with E-state index in [4.69, 9.17) is 9.47 Å². The summed E-state index contributed by atoms with van der Waals surface area (Å²) in [6.07, 6.45) is 7.87. The second kappa shape index (κ2) is 3.39. The van der Waals surface area contributed by atoms with Crippen LogP contribution in [-0.4, -0.2) is 18.0 Å². The van der Waals surface area contributed by atoms with Gasteiger partial charge in [-0.3, -0.25) is 0 Å². The first kappa shape index (κ1) is 12.6. The molecule has 4 aliphatic rings. The van der Waals surface area contributed by atoms with Crippen LogP contribution in [0.3, 0.4) is 0 Å². The fraction of sp³-hybridized carbons (Fsp3) is 1.00. The molecule has 2 aliphatic heterocycles. The molecule has 0 aromatic rings. The van der Waals surface area contributed by atoms with Crippen molar-refractivity contribution in [3.05, 3.63) is 0 Å². The molecule has 2 saturated carbocycles. The van der Waals surface area contributed by atoms with Crippen molar-refractivity contribution in [1.29, 1.82) is 0 Å². The Kier molecular flexibility index (Phi) is 2.25. The van der Waals surface area contributed by atoms with Gasteiger partial charge in [-0.1, -0.05) is 27.2 Å². The smallest absolute Gasteiger partial charge is 0.166 e. The lowest BCUT2D eigenvalue weighted by Crippen LogP contribution is -2.58. The quantitative estimate of drug-likeness (QED) is 0.655. The molecule has 2 heterocycles. The van der Waals surface area contributed by atoms with E-state index in [-0.39, 0.29) is 11.4 Å². The van der Waals surface area contributed by atoms with Crippen LogP contribution in [0.2, 0.25) is 0 Å². The first-order chi connectivity index (χ1) is 8.80. The van der Waals surface area contributed by atoms with Gasteiger partial charge >= 0.3 is 0 Å². The minimum atomic E-state index is -0.274. The third kappa shape index (κ3) is 1.45. The Labute approximate surface area is 117 Å². The van der Waals surface area contributed by atoms with E-state index >= 15 is 0 Å². The van der Waals surface area contributed by atoms with Crippen LogP contribution in [0.1, 0.15) is 66.2 Å². The largest absolute Gasteiger partial charge is 0.347 e. The van der Waals surface area contributed by atoms with Gasteiger partial charge in [0.15, 0.2) is 5.79 Å². The first-order valence-electron chi connectivity index (χ1n) is 8.14. The summed E-state index contributed by atoms with van der Waals surface area (Å²) in [6, 6.07) is 0. The number of rotatable bonds is 0. The maximum atomic E-state index is 6.41. The van der Waals surface area contributed by atoms with Crippen molar-refractivity contribution in [2.75, 3.05) is 6.61 Å². The first-order valence-corrected chi connectivity index (χ1v) is 8.14. The highest BCUT2D eigenvalue weighted by atomic mass is 16.8. The van der Waals surface area contributed by atoms with Gasteiger partial charge in [0.25, 0.3) is 0 Å². The van der Waals surface area contributed by atoms with Crippen molar-refractivity contribution in [2.45, 2.75) is 77.6 Å². The van der Waals surface area contributed by atoms with E-state index in [1.54, 1.807) is 0 Å². The lowest BCUT2D eigenvalue weighted by atomic mass is 9.45. The fourth-order valence-electron chi connectivity index (χ4n) is 6.42. The minimum Gasteiger partial charge on any atom is -0.347 e. The van der Waals surface area contributed by atoms with Gasteiger partial charge in [-0.15, -0.1) is 0 Å². The third-order valence-electron chi connectivity index (χ3n) is 7.18. The molecular weight excluding hydrogens is 236 g/mol. The Hall–Kier alpha value is -0.0800. The van der Waals surface area contributed by atoms with Gasteiger partial charge in [0.05, 0.1) is 12.2 Å². The molecule has 2 aliphatic carbocycles. The monoisotopic (exact) mass is 264 g/mol. The van der Waals surface area contributed by atoms with Gasteiger partial charge in [0.1, 0.15) is 0 Å². The van der Waals surface area contributed by atoms with Gasteiger partial charge in [0.2, 0.25) is 0 Å². The highest BCUT2D eigenvalue weighted by Crippen LogP contribution is 2.68. The molecule has 108 valence electrons. The summed E-state index contributed by atoms with van der Waals surface area (Å²) in [5.41, 5.74) is 1.05. The number of fused-ring (bicyclic) bond motifs is 3. The van der Waals surface area contributed by atoms with Crippen LogP contribution in [0.5, 0.6) is 0 Å². The van der Waals surface area contributed by atoms with Crippen LogP contribution in [-0.2, 0) is 9.47 Å². The summed E-state index contributed by atoms with van der Waals surface area (Å²) < 4.78 is 12.4. The van der Waals surface area contributed by atoms with E-state index < -0.39 is 0 Å². The summed E-state index contributed by atoms with van der Waals surface area (Å²) in [4.78, 5) is 0. The number of hydrogen-bond acceptors (Lipinski definition) is 2. The highest BCUT2D eigenvalue weighted by Gasteiger charge is 2.69. The molecule has 19 heavy (non-hydrogen) atoms. The molecule has 1 spiro atoms. The molecule has 0 unspecified atom stereocenters. The summed E-state index contributed by atoms with van der Waals surface area (Å²) >= 11 is 0. The second-order valence-electron chi connectivity index (χ2n) is 8.79. The molecule has 4 fully saturated rings. The molecule has 2 nitrogen and oxygen atoms in total. The molecule has 5 atom stereocenters. The molecule has 0 radical (unpaired) electrons.